The van der Waals surface area contributed by atoms with E-state index in [-0.39, 0.29) is 11.8 Å². The van der Waals surface area contributed by atoms with Crippen LogP contribution in [0.1, 0.15) is 4.88 Å². The van der Waals surface area contributed by atoms with Crippen molar-refractivity contribution in [2.24, 2.45) is 7.05 Å². The number of carbonyl (C=O) groups is 1. The number of thiazole rings is 1. The molecular formula is C7H6ClN3OS2. The number of carbonyl (C=O) groups excluding carboxylic acids is 1. The van der Waals surface area contributed by atoms with Gasteiger partial charge in [0.25, 0.3) is 0 Å². The first-order valence-electron chi connectivity index (χ1n) is 3.56. The van der Waals surface area contributed by atoms with Crippen molar-refractivity contribution in [3.05, 3.63) is 8.83 Å². The van der Waals surface area contributed by atoms with Gasteiger partial charge in [-0.25, -0.2) is 0 Å². The Hall–Kier alpha value is -0.900. The molecule has 0 bridgehead atoms. The van der Waals surface area contributed by atoms with Crippen molar-refractivity contribution in [3.8, 4) is 6.07 Å². The molecule has 1 rings (SSSR count). The second-order valence-corrected chi connectivity index (χ2v) is 4.31. The monoisotopic (exact) mass is 247 g/mol. The first kappa shape index (κ1) is 11.2. The van der Waals surface area contributed by atoms with E-state index in [1.54, 1.807) is 11.6 Å². The van der Waals surface area contributed by atoms with E-state index in [9.17, 15) is 4.79 Å². The Balaban J connectivity index is 3.14. The summed E-state index contributed by atoms with van der Waals surface area (Å²) in [6.45, 7) is 0. The predicted octanol–water partition coefficient (Wildman–Crippen LogP) is 1.87. The molecular weight excluding hydrogens is 242 g/mol. The highest BCUT2D eigenvalue weighted by molar-refractivity contribution is 7.73. The fraction of sp³-hybridized carbons (Fsp3) is 0.286. The van der Waals surface area contributed by atoms with Crippen LogP contribution in [0.3, 0.4) is 0 Å². The minimum atomic E-state index is -0.355. The number of aromatic nitrogens is 1. The lowest BCUT2D eigenvalue weighted by Gasteiger charge is -2.03. The van der Waals surface area contributed by atoms with Gasteiger partial charge in [0.05, 0.1) is 0 Å². The maximum Gasteiger partial charge on any atom is 0.240 e. The van der Waals surface area contributed by atoms with Crippen LogP contribution in [0.15, 0.2) is 0 Å². The summed E-state index contributed by atoms with van der Waals surface area (Å²) >= 11 is 11.4. The molecule has 74 valence electrons. The molecule has 0 aromatic carbocycles. The van der Waals surface area contributed by atoms with Crippen LogP contribution in [0.4, 0.5) is 5.82 Å². The van der Waals surface area contributed by atoms with Gasteiger partial charge >= 0.3 is 0 Å². The van der Waals surface area contributed by atoms with E-state index in [1.807, 2.05) is 6.07 Å². The zero-order valence-electron chi connectivity index (χ0n) is 7.20. The number of nitriles is 1. The number of hydrogen-bond acceptors (Lipinski definition) is 4. The zero-order valence-corrected chi connectivity index (χ0v) is 9.59. The van der Waals surface area contributed by atoms with Crippen molar-refractivity contribution < 1.29 is 4.79 Å². The lowest BCUT2D eigenvalue weighted by atomic mass is 10.5. The second-order valence-electron chi connectivity index (χ2n) is 2.40. The van der Waals surface area contributed by atoms with Gasteiger partial charge in [0, 0.05) is 7.05 Å². The van der Waals surface area contributed by atoms with Gasteiger partial charge in [0.15, 0.2) is 3.95 Å². The summed E-state index contributed by atoms with van der Waals surface area (Å²) in [6, 6.07) is 1.96. The van der Waals surface area contributed by atoms with Gasteiger partial charge in [0.2, 0.25) is 5.91 Å². The molecule has 0 spiro atoms. The fourth-order valence-corrected chi connectivity index (χ4v) is 1.97. The molecule has 0 saturated carbocycles. The maximum absolute atomic E-state index is 11.0. The zero-order chi connectivity index (χ0) is 10.7. The van der Waals surface area contributed by atoms with Crippen LogP contribution < -0.4 is 5.32 Å². The normalized spacial score (nSPS) is 9.50. The summed E-state index contributed by atoms with van der Waals surface area (Å²) in [4.78, 5) is 11.4. The van der Waals surface area contributed by atoms with Crippen molar-refractivity contribution in [2.75, 3.05) is 11.2 Å². The van der Waals surface area contributed by atoms with Gasteiger partial charge < -0.3 is 9.88 Å². The number of halogens is 1. The third-order valence-electron chi connectivity index (χ3n) is 1.49. The van der Waals surface area contributed by atoms with Crippen molar-refractivity contribution in [2.45, 2.75) is 0 Å². The van der Waals surface area contributed by atoms with Crippen LogP contribution in [0.2, 0.25) is 0 Å². The van der Waals surface area contributed by atoms with Gasteiger partial charge in [-0.3, -0.25) is 4.79 Å². The number of alkyl halides is 1. The van der Waals surface area contributed by atoms with Gasteiger partial charge in [-0.05, 0) is 12.2 Å². The molecule has 14 heavy (non-hydrogen) atoms. The first-order chi connectivity index (χ1) is 6.60. The van der Waals surface area contributed by atoms with Crippen molar-refractivity contribution in [1.82, 2.24) is 4.57 Å². The van der Waals surface area contributed by atoms with Crippen LogP contribution in [-0.2, 0) is 11.8 Å². The average molecular weight is 248 g/mol. The van der Waals surface area contributed by atoms with E-state index in [1.165, 1.54) is 0 Å². The summed E-state index contributed by atoms with van der Waals surface area (Å²) in [5.41, 5.74) is 0. The highest BCUT2D eigenvalue weighted by Crippen LogP contribution is 2.22. The van der Waals surface area contributed by atoms with Crippen molar-refractivity contribution in [1.29, 1.82) is 5.26 Å². The van der Waals surface area contributed by atoms with Gasteiger partial charge in [0.1, 0.15) is 22.6 Å². The third kappa shape index (κ3) is 2.12. The van der Waals surface area contributed by atoms with E-state index >= 15 is 0 Å². The average Bonchev–Trinajstić information content (AvgIpc) is 2.45. The lowest BCUT2D eigenvalue weighted by Crippen LogP contribution is -2.15. The second kappa shape index (κ2) is 4.55. The SMILES string of the molecule is Cn1c(NC(=O)CCl)c(C#N)sc1=S. The predicted molar refractivity (Wildman–Crippen MR) is 58.2 cm³/mol. The summed E-state index contributed by atoms with van der Waals surface area (Å²) in [6.07, 6.45) is 0. The molecule has 0 unspecified atom stereocenters. The van der Waals surface area contributed by atoms with Crippen LogP contribution in [0.25, 0.3) is 0 Å². The fourth-order valence-electron chi connectivity index (χ4n) is 0.830. The van der Waals surface area contributed by atoms with Gasteiger partial charge in [-0.15, -0.1) is 11.6 Å². The molecule has 7 heteroatoms. The minimum absolute atomic E-state index is 0.145. The molecule has 0 fully saturated rings. The van der Waals surface area contributed by atoms with E-state index in [4.69, 9.17) is 29.1 Å². The number of amides is 1. The molecule has 0 aliphatic rings. The molecule has 0 aliphatic carbocycles. The summed E-state index contributed by atoms with van der Waals surface area (Å²) in [5, 5.41) is 11.3. The summed E-state index contributed by atoms with van der Waals surface area (Å²) in [7, 11) is 1.68. The molecule has 0 radical (unpaired) electrons. The Morgan fingerprint density at radius 1 is 1.86 bits per heavy atom. The largest absolute Gasteiger partial charge is 0.312 e. The lowest BCUT2D eigenvalue weighted by molar-refractivity contribution is -0.114. The van der Waals surface area contributed by atoms with E-state index in [0.29, 0.717) is 14.6 Å². The maximum atomic E-state index is 11.0. The summed E-state index contributed by atoms with van der Waals surface area (Å²) in [5.74, 6) is -0.0901. The van der Waals surface area contributed by atoms with E-state index in [2.05, 4.69) is 5.32 Å². The Labute approximate surface area is 94.7 Å². The Kier molecular flexibility index (Phi) is 3.63. The number of anilines is 1. The van der Waals surface area contributed by atoms with Crippen LogP contribution in [0, 0.1) is 15.3 Å². The highest BCUT2D eigenvalue weighted by Gasteiger charge is 2.12. The van der Waals surface area contributed by atoms with E-state index in [0.717, 1.165) is 11.3 Å². The van der Waals surface area contributed by atoms with Crippen LogP contribution in [-0.4, -0.2) is 16.4 Å². The first-order valence-corrected chi connectivity index (χ1v) is 5.31. The molecule has 1 heterocycles. The molecule has 1 aromatic heterocycles. The Morgan fingerprint density at radius 2 is 2.50 bits per heavy atom. The molecule has 1 aromatic rings. The minimum Gasteiger partial charge on any atom is -0.312 e. The van der Waals surface area contributed by atoms with Gasteiger partial charge in [-0.2, -0.15) is 5.26 Å². The van der Waals surface area contributed by atoms with Crippen molar-refractivity contribution >= 4 is 46.9 Å². The smallest absolute Gasteiger partial charge is 0.240 e. The number of nitrogens with zero attached hydrogens (tertiary/aromatic N) is 2. The topological polar surface area (TPSA) is 57.8 Å². The molecule has 0 saturated heterocycles. The quantitative estimate of drug-likeness (QED) is 0.641. The molecule has 1 amide bonds. The molecule has 0 atom stereocenters. The van der Waals surface area contributed by atoms with Crippen LogP contribution >= 0.6 is 35.2 Å². The number of nitrogens with one attached hydrogen (secondary N) is 1. The molecule has 1 N–H and O–H groups in total. The van der Waals surface area contributed by atoms with Crippen molar-refractivity contribution in [3.63, 3.8) is 0 Å². The van der Waals surface area contributed by atoms with Gasteiger partial charge in [-0.1, -0.05) is 11.3 Å². The number of hydrogen-bond donors (Lipinski definition) is 1. The molecule has 0 aliphatic heterocycles. The Morgan fingerprint density at radius 3 is 3.00 bits per heavy atom. The standard InChI is InChI=1S/C7H6ClN3OS2/c1-11-6(10-5(12)2-8)4(3-9)14-7(11)13/h2H2,1H3,(H,10,12). The Bertz CT molecular complexity index is 456. The highest BCUT2D eigenvalue weighted by atomic mass is 35.5. The third-order valence-corrected chi connectivity index (χ3v) is 3.20. The van der Waals surface area contributed by atoms with Crippen LogP contribution in [0.5, 0.6) is 0 Å². The van der Waals surface area contributed by atoms with E-state index < -0.39 is 0 Å². The number of rotatable bonds is 2. The summed E-state index contributed by atoms with van der Waals surface area (Å²) < 4.78 is 2.11. The molecule has 4 nitrogen and oxygen atoms in total.